The highest BCUT2D eigenvalue weighted by molar-refractivity contribution is 5.94. The number of aryl methyl sites for hydroxylation is 1. The van der Waals surface area contributed by atoms with E-state index in [-0.39, 0.29) is 11.9 Å². The molecule has 0 saturated heterocycles. The van der Waals surface area contributed by atoms with Crippen LogP contribution in [-0.4, -0.2) is 27.9 Å². The first-order valence-corrected chi connectivity index (χ1v) is 6.17. The molecule has 1 aromatic rings. The summed E-state index contributed by atoms with van der Waals surface area (Å²) in [6, 6.07) is 7.92. The molecule has 19 heavy (non-hydrogen) atoms. The molecule has 0 heterocycles. The van der Waals surface area contributed by atoms with Crippen LogP contribution in [0.25, 0.3) is 0 Å². The summed E-state index contributed by atoms with van der Waals surface area (Å²) in [5.41, 5.74) is 2.17. The Morgan fingerprint density at radius 2 is 2.00 bits per heavy atom. The molecule has 0 saturated carbocycles. The Labute approximate surface area is 113 Å². The highest BCUT2D eigenvalue weighted by Crippen LogP contribution is 2.11. The van der Waals surface area contributed by atoms with Crippen molar-refractivity contribution in [2.24, 2.45) is 0 Å². The van der Waals surface area contributed by atoms with Crippen LogP contribution in [0.2, 0.25) is 0 Å². The number of rotatable bonds is 5. The molecule has 4 heteroatoms. The second-order valence-electron chi connectivity index (χ2n) is 4.72. The maximum Gasteiger partial charge on any atom is 0.328 e. The summed E-state index contributed by atoms with van der Waals surface area (Å²) >= 11 is 0. The summed E-state index contributed by atoms with van der Waals surface area (Å²) < 4.78 is 0. The second kappa shape index (κ2) is 6.73. The predicted molar refractivity (Wildman–Crippen MR) is 73.6 cm³/mol. The zero-order chi connectivity index (χ0) is 14.4. The van der Waals surface area contributed by atoms with Gasteiger partial charge in [0.25, 0.3) is 0 Å². The van der Waals surface area contributed by atoms with Crippen molar-refractivity contribution in [3.05, 3.63) is 47.5 Å². The molecule has 102 valence electrons. The van der Waals surface area contributed by atoms with Crippen LogP contribution in [0.4, 0.5) is 0 Å². The van der Waals surface area contributed by atoms with E-state index in [4.69, 9.17) is 5.11 Å². The highest BCUT2D eigenvalue weighted by Gasteiger charge is 2.15. The second-order valence-corrected chi connectivity index (χ2v) is 4.72. The Hall–Kier alpha value is -2.10. The van der Waals surface area contributed by atoms with E-state index in [1.165, 1.54) is 0 Å². The summed E-state index contributed by atoms with van der Waals surface area (Å²) in [4.78, 5) is 24.0. The zero-order valence-corrected chi connectivity index (χ0v) is 11.5. The smallest absolute Gasteiger partial charge is 0.328 e. The molecular formula is C15H19NO3. The monoisotopic (exact) mass is 261 g/mol. The van der Waals surface area contributed by atoms with Gasteiger partial charge in [0.2, 0.25) is 5.91 Å². The largest absolute Gasteiger partial charge is 0.478 e. The van der Waals surface area contributed by atoms with E-state index in [1.807, 2.05) is 45.0 Å². The van der Waals surface area contributed by atoms with Crippen LogP contribution in [0.1, 0.15) is 25.0 Å². The van der Waals surface area contributed by atoms with E-state index >= 15 is 0 Å². The van der Waals surface area contributed by atoms with Gasteiger partial charge in [-0.25, -0.2) is 4.79 Å². The maximum atomic E-state index is 12.0. The summed E-state index contributed by atoms with van der Waals surface area (Å²) in [5.74, 6) is -1.41. The molecule has 1 N–H and O–H groups in total. The van der Waals surface area contributed by atoms with Crippen LogP contribution >= 0.6 is 0 Å². The number of carbonyl (C=O) groups excluding carboxylic acids is 1. The lowest BCUT2D eigenvalue weighted by atomic mass is 10.1. The van der Waals surface area contributed by atoms with E-state index < -0.39 is 5.97 Å². The quantitative estimate of drug-likeness (QED) is 0.828. The van der Waals surface area contributed by atoms with E-state index in [9.17, 15) is 9.59 Å². The maximum absolute atomic E-state index is 12.0. The minimum absolute atomic E-state index is 0.00598. The summed E-state index contributed by atoms with van der Waals surface area (Å²) in [7, 11) is 0. The fourth-order valence-corrected chi connectivity index (χ4v) is 1.76. The third-order valence-electron chi connectivity index (χ3n) is 2.71. The Balaban J connectivity index is 2.84. The van der Waals surface area contributed by atoms with Crippen molar-refractivity contribution in [3.63, 3.8) is 0 Å². The standard InChI is InChI=1S/C15H19NO3/c1-11(2)16(14(17)7-8-15(18)19)10-13-6-4-5-12(3)9-13/h4-9,11H,10H2,1-3H3,(H,18,19)/b8-7+. The SMILES string of the molecule is Cc1cccc(CN(C(=O)/C=C/C(=O)O)C(C)C)c1. The van der Waals surface area contributed by atoms with Crippen molar-refractivity contribution in [2.75, 3.05) is 0 Å². The average molecular weight is 261 g/mol. The van der Waals surface area contributed by atoms with Crippen molar-refractivity contribution >= 4 is 11.9 Å². The molecule has 4 nitrogen and oxygen atoms in total. The van der Waals surface area contributed by atoms with E-state index in [0.717, 1.165) is 23.3 Å². The summed E-state index contributed by atoms with van der Waals surface area (Å²) in [6.45, 7) is 6.28. The molecule has 0 aliphatic carbocycles. The Morgan fingerprint density at radius 3 is 2.53 bits per heavy atom. The number of nitrogens with zero attached hydrogens (tertiary/aromatic N) is 1. The van der Waals surface area contributed by atoms with Crippen LogP contribution in [0.3, 0.4) is 0 Å². The molecule has 0 radical (unpaired) electrons. The van der Waals surface area contributed by atoms with Crippen molar-refractivity contribution in [1.82, 2.24) is 4.90 Å². The molecule has 0 unspecified atom stereocenters. The minimum atomic E-state index is -1.12. The molecule has 1 aromatic carbocycles. The van der Waals surface area contributed by atoms with E-state index in [1.54, 1.807) is 4.90 Å². The van der Waals surface area contributed by atoms with Gasteiger partial charge in [-0.15, -0.1) is 0 Å². The number of carboxylic acids is 1. The number of carboxylic acid groups (broad SMARTS) is 1. The van der Waals surface area contributed by atoms with E-state index in [2.05, 4.69) is 0 Å². The van der Waals surface area contributed by atoms with Crippen molar-refractivity contribution in [1.29, 1.82) is 0 Å². The van der Waals surface area contributed by atoms with Gasteiger partial charge in [0.05, 0.1) is 0 Å². The molecule has 0 fully saturated rings. The van der Waals surface area contributed by atoms with Gasteiger partial charge in [0.1, 0.15) is 0 Å². The number of amides is 1. The van der Waals surface area contributed by atoms with Crippen LogP contribution in [0.5, 0.6) is 0 Å². The van der Waals surface area contributed by atoms with Gasteiger partial charge in [-0.05, 0) is 26.3 Å². The summed E-state index contributed by atoms with van der Waals surface area (Å²) in [5, 5.41) is 8.55. The number of carbonyl (C=O) groups is 2. The minimum Gasteiger partial charge on any atom is -0.478 e. The number of aliphatic carboxylic acids is 1. The molecular weight excluding hydrogens is 242 g/mol. The molecule has 0 aliphatic heterocycles. The highest BCUT2D eigenvalue weighted by atomic mass is 16.4. The van der Waals surface area contributed by atoms with Gasteiger partial charge in [-0.2, -0.15) is 0 Å². The molecule has 1 amide bonds. The van der Waals surface area contributed by atoms with Crippen LogP contribution in [0.15, 0.2) is 36.4 Å². The Morgan fingerprint density at radius 1 is 1.32 bits per heavy atom. The first-order valence-electron chi connectivity index (χ1n) is 6.17. The van der Waals surface area contributed by atoms with Gasteiger partial charge in [0, 0.05) is 24.7 Å². The van der Waals surface area contributed by atoms with Crippen molar-refractivity contribution < 1.29 is 14.7 Å². The van der Waals surface area contributed by atoms with Gasteiger partial charge in [0.15, 0.2) is 0 Å². The van der Waals surface area contributed by atoms with Crippen LogP contribution < -0.4 is 0 Å². The third-order valence-corrected chi connectivity index (χ3v) is 2.71. The first kappa shape index (κ1) is 15.0. The average Bonchev–Trinajstić information content (AvgIpc) is 2.32. The Kier molecular flexibility index (Phi) is 5.30. The van der Waals surface area contributed by atoms with E-state index in [0.29, 0.717) is 6.54 Å². The topological polar surface area (TPSA) is 57.6 Å². The van der Waals surface area contributed by atoms with Crippen LogP contribution in [0, 0.1) is 6.92 Å². The molecule has 0 aromatic heterocycles. The fraction of sp³-hybridized carbons (Fsp3) is 0.333. The number of hydrogen-bond donors (Lipinski definition) is 1. The first-order chi connectivity index (χ1) is 8.90. The van der Waals surface area contributed by atoms with Gasteiger partial charge >= 0.3 is 5.97 Å². The molecule has 0 spiro atoms. The molecule has 0 atom stereocenters. The zero-order valence-electron chi connectivity index (χ0n) is 11.5. The van der Waals surface area contributed by atoms with Crippen molar-refractivity contribution in [3.8, 4) is 0 Å². The molecule has 0 bridgehead atoms. The summed E-state index contributed by atoms with van der Waals surface area (Å²) in [6.07, 6.45) is 1.96. The van der Waals surface area contributed by atoms with Gasteiger partial charge < -0.3 is 10.0 Å². The predicted octanol–water partition coefficient (Wildman–Crippen LogP) is 2.37. The normalized spacial score (nSPS) is 10.9. The molecule has 1 rings (SSSR count). The lowest BCUT2D eigenvalue weighted by Gasteiger charge is -2.25. The number of hydrogen-bond acceptors (Lipinski definition) is 2. The number of benzene rings is 1. The molecule has 0 aliphatic rings. The van der Waals surface area contributed by atoms with Crippen molar-refractivity contribution in [2.45, 2.75) is 33.4 Å². The van der Waals surface area contributed by atoms with Crippen LogP contribution in [-0.2, 0) is 16.1 Å². The fourth-order valence-electron chi connectivity index (χ4n) is 1.76. The lowest BCUT2D eigenvalue weighted by molar-refractivity contribution is -0.132. The van der Waals surface area contributed by atoms with Gasteiger partial charge in [-0.1, -0.05) is 29.8 Å². The van der Waals surface area contributed by atoms with Gasteiger partial charge in [-0.3, -0.25) is 4.79 Å². The Bertz CT molecular complexity index is 492. The lowest BCUT2D eigenvalue weighted by Crippen LogP contribution is -2.35. The third kappa shape index (κ3) is 4.95.